The lowest BCUT2D eigenvalue weighted by Crippen LogP contribution is -2.49. The predicted octanol–water partition coefficient (Wildman–Crippen LogP) is 3.37. The summed E-state index contributed by atoms with van der Waals surface area (Å²) in [6.45, 7) is 4.74. The SMILES string of the molecule is COc1ccc(C(=O)N2CCN([C@@H](CCC(=O)O)c3ccc(C)cc3)CC2)cc1. The average Bonchev–Trinajstić information content (AvgIpc) is 2.75. The number of hydrogen-bond acceptors (Lipinski definition) is 4. The van der Waals surface area contributed by atoms with Crippen LogP contribution in [0.4, 0.5) is 0 Å². The topological polar surface area (TPSA) is 70.1 Å². The molecule has 0 radical (unpaired) electrons. The third kappa shape index (κ3) is 5.35. The number of carbonyl (C=O) groups is 2. The van der Waals surface area contributed by atoms with Gasteiger partial charge in [-0.1, -0.05) is 29.8 Å². The van der Waals surface area contributed by atoms with Gasteiger partial charge in [-0.05, 0) is 43.2 Å². The second-order valence-corrected chi connectivity index (χ2v) is 7.42. The second kappa shape index (κ2) is 9.56. The van der Waals surface area contributed by atoms with Crippen molar-refractivity contribution in [2.45, 2.75) is 25.8 Å². The van der Waals surface area contributed by atoms with Gasteiger partial charge in [0, 0.05) is 44.2 Å². The van der Waals surface area contributed by atoms with Crippen molar-refractivity contribution < 1.29 is 19.4 Å². The maximum absolute atomic E-state index is 12.8. The summed E-state index contributed by atoms with van der Waals surface area (Å²) in [5, 5.41) is 9.15. The number of carboxylic acids is 1. The lowest BCUT2D eigenvalue weighted by atomic mass is 9.98. The van der Waals surface area contributed by atoms with Crippen molar-refractivity contribution in [3.63, 3.8) is 0 Å². The highest BCUT2D eigenvalue weighted by Gasteiger charge is 2.28. The Balaban J connectivity index is 1.66. The molecule has 1 N–H and O–H groups in total. The van der Waals surface area contributed by atoms with Crippen LogP contribution in [0.5, 0.6) is 5.75 Å². The quantitative estimate of drug-likeness (QED) is 0.777. The highest BCUT2D eigenvalue weighted by atomic mass is 16.5. The van der Waals surface area contributed by atoms with Gasteiger partial charge in [0.15, 0.2) is 0 Å². The lowest BCUT2D eigenvalue weighted by molar-refractivity contribution is -0.137. The number of hydrogen-bond donors (Lipinski definition) is 1. The minimum Gasteiger partial charge on any atom is -0.497 e. The minimum absolute atomic E-state index is 0.0183. The van der Waals surface area contributed by atoms with E-state index >= 15 is 0 Å². The smallest absolute Gasteiger partial charge is 0.303 e. The van der Waals surface area contributed by atoms with Crippen LogP contribution in [0.2, 0.25) is 0 Å². The summed E-state index contributed by atoms with van der Waals surface area (Å²) >= 11 is 0. The Hall–Kier alpha value is -2.86. The largest absolute Gasteiger partial charge is 0.497 e. The molecule has 6 heteroatoms. The first-order chi connectivity index (χ1) is 14.0. The van der Waals surface area contributed by atoms with Crippen LogP contribution in [0.3, 0.4) is 0 Å². The van der Waals surface area contributed by atoms with E-state index < -0.39 is 5.97 Å². The van der Waals surface area contributed by atoms with Gasteiger partial charge < -0.3 is 14.7 Å². The van der Waals surface area contributed by atoms with Crippen molar-refractivity contribution in [2.24, 2.45) is 0 Å². The number of methoxy groups -OCH3 is 1. The van der Waals surface area contributed by atoms with E-state index in [0.29, 0.717) is 25.1 Å². The van der Waals surface area contributed by atoms with Gasteiger partial charge in [-0.15, -0.1) is 0 Å². The Labute approximate surface area is 171 Å². The molecule has 1 atom stereocenters. The van der Waals surface area contributed by atoms with E-state index in [2.05, 4.69) is 29.2 Å². The standard InChI is InChI=1S/C23H28N2O4/c1-17-3-5-18(6-4-17)21(11-12-22(26)27)24-13-15-25(16-14-24)23(28)19-7-9-20(29-2)10-8-19/h3-10,21H,11-16H2,1-2H3,(H,26,27)/t21-/m0/s1. The summed E-state index contributed by atoms with van der Waals surface area (Å²) in [5.74, 6) is -0.0362. The van der Waals surface area contributed by atoms with E-state index in [1.807, 2.05) is 11.8 Å². The lowest BCUT2D eigenvalue weighted by Gasteiger charge is -2.39. The molecule has 1 aliphatic heterocycles. The predicted molar refractivity (Wildman–Crippen MR) is 111 cm³/mol. The first-order valence-corrected chi connectivity index (χ1v) is 9.93. The second-order valence-electron chi connectivity index (χ2n) is 7.42. The van der Waals surface area contributed by atoms with Crippen molar-refractivity contribution >= 4 is 11.9 Å². The molecule has 0 aromatic heterocycles. The van der Waals surface area contributed by atoms with Crippen LogP contribution in [-0.2, 0) is 4.79 Å². The maximum Gasteiger partial charge on any atom is 0.303 e. The number of carboxylic acid groups (broad SMARTS) is 1. The van der Waals surface area contributed by atoms with Gasteiger partial charge in [0.05, 0.1) is 7.11 Å². The number of nitrogens with zero attached hydrogens (tertiary/aromatic N) is 2. The molecule has 2 aromatic carbocycles. The third-order valence-corrected chi connectivity index (χ3v) is 5.47. The Morgan fingerprint density at radius 3 is 2.17 bits per heavy atom. The Bertz CT molecular complexity index is 825. The van der Waals surface area contributed by atoms with E-state index in [9.17, 15) is 9.59 Å². The van der Waals surface area contributed by atoms with E-state index in [-0.39, 0.29) is 18.4 Å². The first kappa shape index (κ1) is 20.9. The van der Waals surface area contributed by atoms with Crippen LogP contribution >= 0.6 is 0 Å². The zero-order chi connectivity index (χ0) is 20.8. The van der Waals surface area contributed by atoms with Gasteiger partial charge in [-0.3, -0.25) is 14.5 Å². The number of benzene rings is 2. The molecule has 0 spiro atoms. The number of aliphatic carboxylic acids is 1. The van der Waals surface area contributed by atoms with E-state index in [1.165, 1.54) is 5.56 Å². The highest BCUT2D eigenvalue weighted by molar-refractivity contribution is 5.94. The van der Waals surface area contributed by atoms with Crippen molar-refractivity contribution in [3.8, 4) is 5.75 Å². The normalized spacial score (nSPS) is 15.7. The molecular weight excluding hydrogens is 368 g/mol. The number of carbonyl (C=O) groups excluding carboxylic acids is 1. The molecule has 0 unspecified atom stereocenters. The summed E-state index contributed by atoms with van der Waals surface area (Å²) in [5.41, 5.74) is 2.97. The van der Waals surface area contributed by atoms with Gasteiger partial charge in [-0.2, -0.15) is 0 Å². The fourth-order valence-electron chi connectivity index (χ4n) is 3.76. The fourth-order valence-corrected chi connectivity index (χ4v) is 3.76. The number of ether oxygens (including phenoxy) is 1. The van der Waals surface area contributed by atoms with E-state index in [0.717, 1.165) is 24.4 Å². The maximum atomic E-state index is 12.8. The molecule has 1 aliphatic rings. The number of amides is 1. The molecule has 2 aromatic rings. The van der Waals surface area contributed by atoms with E-state index in [1.54, 1.807) is 31.4 Å². The van der Waals surface area contributed by atoms with Crippen molar-refractivity contribution in [1.82, 2.24) is 9.80 Å². The van der Waals surface area contributed by atoms with Crippen molar-refractivity contribution in [1.29, 1.82) is 0 Å². The van der Waals surface area contributed by atoms with Crippen LogP contribution in [0, 0.1) is 6.92 Å². The van der Waals surface area contributed by atoms with Crippen molar-refractivity contribution in [2.75, 3.05) is 33.3 Å². The summed E-state index contributed by atoms with van der Waals surface area (Å²) in [7, 11) is 1.60. The molecule has 29 heavy (non-hydrogen) atoms. The molecule has 0 saturated carbocycles. The summed E-state index contributed by atoms with van der Waals surface area (Å²) in [4.78, 5) is 28.1. The molecule has 6 nitrogen and oxygen atoms in total. The molecule has 3 rings (SSSR count). The molecule has 1 saturated heterocycles. The van der Waals surface area contributed by atoms with Gasteiger partial charge in [0.2, 0.25) is 0 Å². The molecule has 0 bridgehead atoms. The summed E-state index contributed by atoms with van der Waals surface area (Å²) < 4.78 is 5.15. The number of aryl methyl sites for hydroxylation is 1. The third-order valence-electron chi connectivity index (χ3n) is 5.47. The van der Waals surface area contributed by atoms with Gasteiger partial charge in [-0.25, -0.2) is 0 Å². The summed E-state index contributed by atoms with van der Waals surface area (Å²) in [6, 6.07) is 15.5. The van der Waals surface area contributed by atoms with Crippen LogP contribution in [0.1, 0.15) is 40.4 Å². The van der Waals surface area contributed by atoms with Crippen LogP contribution in [-0.4, -0.2) is 60.1 Å². The van der Waals surface area contributed by atoms with Crippen LogP contribution in [0.25, 0.3) is 0 Å². The highest BCUT2D eigenvalue weighted by Crippen LogP contribution is 2.27. The Morgan fingerprint density at radius 2 is 1.62 bits per heavy atom. The van der Waals surface area contributed by atoms with Crippen molar-refractivity contribution in [3.05, 3.63) is 65.2 Å². The molecule has 154 valence electrons. The first-order valence-electron chi connectivity index (χ1n) is 9.93. The Kier molecular flexibility index (Phi) is 6.88. The van der Waals surface area contributed by atoms with Gasteiger partial charge in [0.25, 0.3) is 5.91 Å². The van der Waals surface area contributed by atoms with Gasteiger partial charge >= 0.3 is 5.97 Å². The monoisotopic (exact) mass is 396 g/mol. The zero-order valence-corrected chi connectivity index (χ0v) is 17.0. The van der Waals surface area contributed by atoms with Crippen LogP contribution in [0.15, 0.2) is 48.5 Å². The number of rotatable bonds is 7. The molecular formula is C23H28N2O4. The van der Waals surface area contributed by atoms with Crippen LogP contribution < -0.4 is 4.74 Å². The van der Waals surface area contributed by atoms with E-state index in [4.69, 9.17) is 9.84 Å². The molecule has 1 heterocycles. The Morgan fingerprint density at radius 1 is 1.00 bits per heavy atom. The number of piperazine rings is 1. The minimum atomic E-state index is -0.782. The fraction of sp³-hybridized carbons (Fsp3) is 0.391. The average molecular weight is 396 g/mol. The molecule has 1 amide bonds. The van der Waals surface area contributed by atoms with Gasteiger partial charge in [0.1, 0.15) is 5.75 Å². The molecule has 1 fully saturated rings. The summed E-state index contributed by atoms with van der Waals surface area (Å²) in [6.07, 6.45) is 0.689. The molecule has 0 aliphatic carbocycles. The zero-order valence-electron chi connectivity index (χ0n) is 17.0.